The lowest BCUT2D eigenvalue weighted by molar-refractivity contribution is -0.00960. The van der Waals surface area contributed by atoms with E-state index in [2.05, 4.69) is 5.32 Å². The number of hydrogen-bond donors (Lipinski definition) is 1. The minimum Gasteiger partial charge on any atom is -0.332 e. The zero-order valence-corrected chi connectivity index (χ0v) is 20.5. The highest BCUT2D eigenvalue weighted by molar-refractivity contribution is 7.90. The second-order valence-corrected chi connectivity index (χ2v) is 10.5. The van der Waals surface area contributed by atoms with Crippen LogP contribution in [0, 0.1) is 0 Å². The normalized spacial score (nSPS) is 18.5. The van der Waals surface area contributed by atoms with Crippen molar-refractivity contribution < 1.29 is 13.2 Å². The van der Waals surface area contributed by atoms with Crippen molar-refractivity contribution in [2.75, 3.05) is 17.7 Å². The number of sulfone groups is 1. The maximum Gasteiger partial charge on any atom is 0.175 e. The van der Waals surface area contributed by atoms with E-state index in [-0.39, 0.29) is 6.23 Å². The molecule has 8 heteroatoms. The molecule has 33 heavy (non-hydrogen) atoms. The molecule has 0 amide bonds. The van der Waals surface area contributed by atoms with Crippen molar-refractivity contribution in [2.45, 2.75) is 24.3 Å². The minimum absolute atomic E-state index is 0.276. The summed E-state index contributed by atoms with van der Waals surface area (Å²) in [6.07, 6.45) is 4.30. The van der Waals surface area contributed by atoms with Gasteiger partial charge in [0.2, 0.25) is 0 Å². The molecule has 0 aliphatic carbocycles. The van der Waals surface area contributed by atoms with Crippen LogP contribution in [0.25, 0.3) is 11.1 Å². The highest BCUT2D eigenvalue weighted by Crippen LogP contribution is 2.40. The highest BCUT2D eigenvalue weighted by atomic mass is 35.5. The molecule has 2 atom stereocenters. The maximum atomic E-state index is 11.9. The average Bonchev–Trinajstić information content (AvgIpc) is 2.79. The fourth-order valence-electron chi connectivity index (χ4n) is 3.72. The number of nitrogens with zero attached hydrogens (tertiary/aromatic N) is 1. The Balaban J connectivity index is 1.70. The van der Waals surface area contributed by atoms with Gasteiger partial charge in [0.1, 0.15) is 6.23 Å². The number of nitrogens with one attached hydrogen (secondary N) is 1. The number of likely N-dealkylation sites (N-methyl/N-ethyl adjacent to an activating group) is 1. The molecular weight excluding hydrogens is 479 g/mol. The van der Waals surface area contributed by atoms with E-state index in [1.165, 1.54) is 6.26 Å². The van der Waals surface area contributed by atoms with Crippen LogP contribution >= 0.6 is 23.2 Å². The Hall–Kier alpha value is -2.35. The Morgan fingerprint density at radius 1 is 0.970 bits per heavy atom. The second kappa shape index (κ2) is 9.87. The van der Waals surface area contributed by atoms with Gasteiger partial charge in [-0.25, -0.2) is 8.42 Å². The van der Waals surface area contributed by atoms with Crippen molar-refractivity contribution in [1.29, 1.82) is 0 Å². The van der Waals surface area contributed by atoms with E-state index in [1.54, 1.807) is 36.4 Å². The summed E-state index contributed by atoms with van der Waals surface area (Å²) in [5, 5.41) is 4.32. The van der Waals surface area contributed by atoms with Gasteiger partial charge in [0.25, 0.3) is 0 Å². The number of benzene rings is 3. The predicted octanol–water partition coefficient (Wildman–Crippen LogP) is 6.05. The van der Waals surface area contributed by atoms with Crippen LogP contribution in [0.2, 0.25) is 10.0 Å². The SMILES string of the molecule is CCNC1C=CN(c2ccc(-c3cccc(S(C)(=O)=O)c3)cc2)C(c2c(Cl)cccc2Cl)O1. The minimum atomic E-state index is -3.28. The van der Waals surface area contributed by atoms with Gasteiger partial charge in [-0.3, -0.25) is 5.32 Å². The van der Waals surface area contributed by atoms with E-state index in [0.29, 0.717) is 20.5 Å². The van der Waals surface area contributed by atoms with Crippen LogP contribution in [0.3, 0.4) is 0 Å². The molecule has 0 bridgehead atoms. The zero-order chi connectivity index (χ0) is 23.6. The van der Waals surface area contributed by atoms with Gasteiger partial charge >= 0.3 is 0 Å². The molecule has 1 aliphatic heterocycles. The van der Waals surface area contributed by atoms with Crippen LogP contribution in [-0.2, 0) is 14.6 Å². The smallest absolute Gasteiger partial charge is 0.175 e. The van der Waals surface area contributed by atoms with Gasteiger partial charge in [-0.15, -0.1) is 0 Å². The molecule has 1 heterocycles. The van der Waals surface area contributed by atoms with Gasteiger partial charge in [0, 0.05) is 33.8 Å². The summed E-state index contributed by atoms with van der Waals surface area (Å²) in [4.78, 5) is 2.26. The van der Waals surface area contributed by atoms with Crippen LogP contribution in [0.1, 0.15) is 18.7 Å². The summed E-state index contributed by atoms with van der Waals surface area (Å²) >= 11 is 13.0. The predicted molar refractivity (Wildman–Crippen MR) is 134 cm³/mol. The number of rotatable bonds is 6. The maximum absolute atomic E-state index is 11.9. The summed E-state index contributed by atoms with van der Waals surface area (Å²) in [6.45, 7) is 2.76. The Morgan fingerprint density at radius 2 is 1.64 bits per heavy atom. The van der Waals surface area contributed by atoms with Crippen LogP contribution in [0.4, 0.5) is 5.69 Å². The van der Waals surface area contributed by atoms with Crippen LogP contribution in [-0.4, -0.2) is 27.4 Å². The second-order valence-electron chi connectivity index (χ2n) is 7.70. The molecule has 2 unspecified atom stereocenters. The summed E-state index contributed by atoms with van der Waals surface area (Å²) < 4.78 is 30.1. The van der Waals surface area contributed by atoms with E-state index >= 15 is 0 Å². The Bertz CT molecular complexity index is 1260. The average molecular weight is 503 g/mol. The van der Waals surface area contributed by atoms with E-state index < -0.39 is 16.1 Å². The Morgan fingerprint density at radius 3 is 2.27 bits per heavy atom. The molecule has 172 valence electrons. The number of anilines is 1. The molecule has 4 rings (SSSR count). The topological polar surface area (TPSA) is 58.6 Å². The molecule has 1 aliphatic rings. The molecule has 0 aromatic heterocycles. The van der Waals surface area contributed by atoms with Crippen molar-refractivity contribution >= 4 is 38.7 Å². The lowest BCUT2D eigenvalue weighted by atomic mass is 10.0. The first kappa shape index (κ1) is 23.8. The quantitative estimate of drug-likeness (QED) is 0.444. The van der Waals surface area contributed by atoms with Gasteiger partial charge in [-0.05, 0) is 60.1 Å². The first-order valence-corrected chi connectivity index (χ1v) is 13.1. The largest absolute Gasteiger partial charge is 0.332 e. The van der Waals surface area contributed by atoms with Crippen LogP contribution < -0.4 is 10.2 Å². The number of hydrogen-bond acceptors (Lipinski definition) is 5. The molecule has 0 saturated carbocycles. The third-order valence-corrected chi connectivity index (χ3v) is 7.13. The number of ether oxygens (including phenoxy) is 1. The molecule has 3 aromatic carbocycles. The van der Waals surface area contributed by atoms with Gasteiger partial charge < -0.3 is 9.64 Å². The first-order chi connectivity index (χ1) is 15.8. The molecule has 3 aromatic rings. The van der Waals surface area contributed by atoms with E-state index in [9.17, 15) is 8.42 Å². The first-order valence-electron chi connectivity index (χ1n) is 10.5. The van der Waals surface area contributed by atoms with Crippen molar-refractivity contribution in [3.8, 4) is 11.1 Å². The van der Waals surface area contributed by atoms with Gasteiger partial charge in [-0.1, -0.05) is 60.5 Å². The Labute approximate surface area is 204 Å². The summed E-state index contributed by atoms with van der Waals surface area (Å²) in [5.41, 5.74) is 3.31. The van der Waals surface area contributed by atoms with Crippen molar-refractivity contribution in [1.82, 2.24) is 5.32 Å². The third-order valence-electron chi connectivity index (χ3n) is 5.36. The van der Waals surface area contributed by atoms with E-state index in [4.69, 9.17) is 27.9 Å². The van der Waals surface area contributed by atoms with Gasteiger partial charge in [0.15, 0.2) is 16.1 Å². The molecular formula is C25H24Cl2N2O3S. The summed E-state index contributed by atoms with van der Waals surface area (Å²) in [7, 11) is -3.28. The van der Waals surface area contributed by atoms with Crippen LogP contribution in [0.5, 0.6) is 0 Å². The molecule has 0 saturated heterocycles. The summed E-state index contributed by atoms with van der Waals surface area (Å²) in [5.74, 6) is 0. The zero-order valence-electron chi connectivity index (χ0n) is 18.2. The standard InChI is InChI=1S/C25H24Cl2N2O3S/c1-3-28-23-14-15-29(25(32-23)24-21(26)8-5-9-22(24)27)19-12-10-17(11-13-19)18-6-4-7-20(16-18)33(2,30)31/h4-16,23,25,28H,3H2,1-2H3. The lowest BCUT2D eigenvalue weighted by Crippen LogP contribution is -2.40. The third kappa shape index (κ3) is 5.26. The van der Waals surface area contributed by atoms with E-state index in [1.807, 2.05) is 54.4 Å². The molecule has 0 fully saturated rings. The molecule has 0 radical (unpaired) electrons. The monoisotopic (exact) mass is 502 g/mol. The van der Waals surface area contributed by atoms with Crippen molar-refractivity contribution in [2.24, 2.45) is 0 Å². The van der Waals surface area contributed by atoms with Gasteiger partial charge in [0.05, 0.1) is 4.90 Å². The molecule has 5 nitrogen and oxygen atoms in total. The lowest BCUT2D eigenvalue weighted by Gasteiger charge is -2.37. The summed E-state index contributed by atoms with van der Waals surface area (Å²) in [6, 6.07) is 20.1. The fourth-order valence-corrected chi connectivity index (χ4v) is 4.97. The van der Waals surface area contributed by atoms with E-state index in [0.717, 1.165) is 23.4 Å². The Kier molecular flexibility index (Phi) is 7.12. The van der Waals surface area contributed by atoms with Gasteiger partial charge in [-0.2, -0.15) is 0 Å². The fraction of sp³-hybridized carbons (Fsp3) is 0.200. The molecule has 0 spiro atoms. The van der Waals surface area contributed by atoms with Crippen molar-refractivity contribution in [3.63, 3.8) is 0 Å². The highest BCUT2D eigenvalue weighted by Gasteiger charge is 2.30. The molecule has 1 N–H and O–H groups in total. The van der Waals surface area contributed by atoms with Crippen molar-refractivity contribution in [3.05, 3.63) is 94.6 Å². The number of halogens is 2. The van der Waals surface area contributed by atoms with Crippen LogP contribution in [0.15, 0.2) is 83.9 Å².